The van der Waals surface area contributed by atoms with Gasteiger partial charge in [-0.3, -0.25) is 19.2 Å². The van der Waals surface area contributed by atoms with E-state index in [2.05, 4.69) is 30.9 Å². The van der Waals surface area contributed by atoms with Gasteiger partial charge in [-0.2, -0.15) is 0 Å². The third kappa shape index (κ3) is 6.97. The summed E-state index contributed by atoms with van der Waals surface area (Å²) in [5.74, 6) is -1.57. The van der Waals surface area contributed by atoms with Gasteiger partial charge in [-0.1, -0.05) is 44.2 Å². The number of amides is 4. The molecule has 4 aromatic rings. The van der Waals surface area contributed by atoms with Crippen molar-refractivity contribution in [2.24, 2.45) is 5.92 Å². The highest BCUT2D eigenvalue weighted by atomic mass is 32.1. The molecule has 43 heavy (non-hydrogen) atoms. The van der Waals surface area contributed by atoms with Gasteiger partial charge in [-0.05, 0) is 18.4 Å². The minimum Gasteiger partial charge on any atom is -0.448 e. The monoisotopic (exact) mass is 605 g/mol. The van der Waals surface area contributed by atoms with Gasteiger partial charge in [0.15, 0.2) is 17.8 Å². The standard InChI is InChI=1S/C29H31N7O6S/c1-16(2)23-28-34-21(14-43-28)26(39)32-19(11-18-7-5-4-6-8-18)27-33-20(13-41-27)25(38)30-9-10-36(12-22(37)35-23)29(40)24-17(3)42-15-31-24/h4-8,13-16,19,23H,9-12H2,1-3H3,(H,30,38)(H,32,39)(H,35,37)/t19-,23-/m0/s1. The number of benzene rings is 1. The summed E-state index contributed by atoms with van der Waals surface area (Å²) in [6.45, 7) is 5.16. The largest absolute Gasteiger partial charge is 0.448 e. The van der Waals surface area contributed by atoms with E-state index in [-0.39, 0.29) is 48.5 Å². The quantitative estimate of drug-likeness (QED) is 0.316. The van der Waals surface area contributed by atoms with Gasteiger partial charge in [0.05, 0.1) is 12.6 Å². The van der Waals surface area contributed by atoms with Crippen molar-refractivity contribution in [3.63, 3.8) is 0 Å². The molecule has 4 amide bonds. The van der Waals surface area contributed by atoms with Gasteiger partial charge in [0, 0.05) is 24.9 Å². The maximum atomic E-state index is 13.4. The van der Waals surface area contributed by atoms with Gasteiger partial charge < -0.3 is 29.7 Å². The first-order valence-corrected chi connectivity index (χ1v) is 14.6. The van der Waals surface area contributed by atoms with E-state index in [1.54, 1.807) is 12.3 Å². The summed E-state index contributed by atoms with van der Waals surface area (Å²) in [5.41, 5.74) is 1.17. The van der Waals surface area contributed by atoms with Crippen LogP contribution in [0, 0.1) is 12.8 Å². The van der Waals surface area contributed by atoms with E-state index in [4.69, 9.17) is 8.83 Å². The molecule has 0 saturated carbocycles. The van der Waals surface area contributed by atoms with E-state index in [0.717, 1.165) is 12.0 Å². The first-order valence-electron chi connectivity index (χ1n) is 13.7. The first kappa shape index (κ1) is 29.6. The van der Waals surface area contributed by atoms with Crippen molar-refractivity contribution >= 4 is 35.0 Å². The van der Waals surface area contributed by atoms with Gasteiger partial charge in [-0.25, -0.2) is 15.0 Å². The molecule has 1 aliphatic rings. The Morgan fingerprint density at radius 1 is 1.07 bits per heavy atom. The summed E-state index contributed by atoms with van der Waals surface area (Å²) in [4.78, 5) is 67.0. The Kier molecular flexibility index (Phi) is 8.95. The van der Waals surface area contributed by atoms with Crippen molar-refractivity contribution in [1.29, 1.82) is 0 Å². The lowest BCUT2D eigenvalue weighted by Gasteiger charge is -2.25. The molecular formula is C29H31N7O6S. The number of carbonyl (C=O) groups is 4. The Morgan fingerprint density at radius 3 is 2.58 bits per heavy atom. The highest BCUT2D eigenvalue weighted by Gasteiger charge is 2.29. The fourth-order valence-corrected chi connectivity index (χ4v) is 5.60. The van der Waals surface area contributed by atoms with Crippen LogP contribution >= 0.6 is 11.3 Å². The van der Waals surface area contributed by atoms with E-state index in [0.29, 0.717) is 17.2 Å². The van der Waals surface area contributed by atoms with Crippen LogP contribution in [0.1, 0.15) is 79.6 Å². The summed E-state index contributed by atoms with van der Waals surface area (Å²) >= 11 is 1.25. The summed E-state index contributed by atoms with van der Waals surface area (Å²) in [5, 5.41) is 10.8. The number of hydrogen-bond acceptors (Lipinski definition) is 10. The van der Waals surface area contributed by atoms with E-state index >= 15 is 0 Å². The SMILES string of the molecule is Cc1ocnc1C(=O)N1CCNC(=O)c2coc(n2)[C@H](Cc2ccccc2)NC(=O)c2csc(n2)[C@H](C(C)C)NC(=O)C1. The topological polar surface area (TPSA) is 173 Å². The van der Waals surface area contributed by atoms with Gasteiger partial charge in [0.1, 0.15) is 28.8 Å². The third-order valence-electron chi connectivity index (χ3n) is 6.88. The fraction of sp³-hybridized carbons (Fsp3) is 0.345. The molecule has 4 heterocycles. The number of aromatic nitrogens is 3. The van der Waals surface area contributed by atoms with Crippen molar-refractivity contribution in [2.75, 3.05) is 19.6 Å². The predicted molar refractivity (Wildman–Crippen MR) is 154 cm³/mol. The van der Waals surface area contributed by atoms with Crippen molar-refractivity contribution in [3.8, 4) is 0 Å². The lowest BCUT2D eigenvalue weighted by Crippen LogP contribution is -2.45. The smallest absolute Gasteiger partial charge is 0.276 e. The van der Waals surface area contributed by atoms with Crippen molar-refractivity contribution < 1.29 is 28.0 Å². The van der Waals surface area contributed by atoms with Crippen LogP contribution < -0.4 is 16.0 Å². The van der Waals surface area contributed by atoms with Crippen LogP contribution in [-0.4, -0.2) is 63.1 Å². The number of aryl methyl sites for hydroxylation is 1. The molecule has 13 nitrogen and oxygen atoms in total. The summed E-state index contributed by atoms with van der Waals surface area (Å²) in [7, 11) is 0. The molecule has 224 valence electrons. The van der Waals surface area contributed by atoms with Crippen LogP contribution in [0.4, 0.5) is 0 Å². The van der Waals surface area contributed by atoms with Crippen molar-refractivity contribution in [3.05, 3.63) is 87.7 Å². The molecule has 3 N–H and O–H groups in total. The second-order valence-electron chi connectivity index (χ2n) is 10.4. The van der Waals surface area contributed by atoms with E-state index in [9.17, 15) is 19.2 Å². The summed E-state index contributed by atoms with van der Waals surface area (Å²) in [6, 6.07) is 8.28. The first-order chi connectivity index (χ1) is 20.7. The van der Waals surface area contributed by atoms with Crippen LogP contribution in [0.5, 0.6) is 0 Å². The minimum atomic E-state index is -0.695. The molecule has 0 saturated heterocycles. The Labute approximate surface area is 251 Å². The molecular weight excluding hydrogens is 574 g/mol. The van der Waals surface area contributed by atoms with E-state index in [1.165, 1.54) is 22.5 Å². The van der Waals surface area contributed by atoms with Gasteiger partial charge in [0.2, 0.25) is 11.8 Å². The Hall–Kier alpha value is -4.85. The van der Waals surface area contributed by atoms with Crippen LogP contribution in [0.2, 0.25) is 0 Å². The fourth-order valence-electron chi connectivity index (χ4n) is 4.58. The highest BCUT2D eigenvalue weighted by molar-refractivity contribution is 7.09. The Balaban J connectivity index is 1.47. The van der Waals surface area contributed by atoms with Crippen LogP contribution in [0.25, 0.3) is 0 Å². The average Bonchev–Trinajstić information content (AvgIpc) is 3.76. The van der Waals surface area contributed by atoms with Gasteiger partial charge in [0.25, 0.3) is 17.7 Å². The molecule has 0 fully saturated rings. The number of rotatable bonds is 4. The zero-order chi connectivity index (χ0) is 30.5. The second kappa shape index (κ2) is 13.0. The molecule has 0 unspecified atom stereocenters. The molecule has 5 rings (SSSR count). The predicted octanol–water partition coefficient (Wildman–Crippen LogP) is 2.84. The number of fused-ring (bicyclic) bond motifs is 4. The van der Waals surface area contributed by atoms with Crippen LogP contribution in [0.15, 0.2) is 57.2 Å². The minimum absolute atomic E-state index is 0.00196. The van der Waals surface area contributed by atoms with Crippen LogP contribution in [-0.2, 0) is 11.2 Å². The lowest BCUT2D eigenvalue weighted by atomic mass is 10.0. The van der Waals surface area contributed by atoms with Crippen LogP contribution in [0.3, 0.4) is 0 Å². The number of nitrogens with one attached hydrogen (secondary N) is 3. The number of thiazole rings is 1. The van der Waals surface area contributed by atoms with Crippen molar-refractivity contribution in [2.45, 2.75) is 39.3 Å². The molecule has 14 heteroatoms. The number of hydrogen-bond donors (Lipinski definition) is 3. The number of nitrogens with zero attached hydrogens (tertiary/aromatic N) is 4. The van der Waals surface area contributed by atoms with Gasteiger partial charge in [-0.15, -0.1) is 11.3 Å². The Morgan fingerprint density at radius 2 is 1.86 bits per heavy atom. The van der Waals surface area contributed by atoms with E-state index < -0.39 is 35.7 Å². The molecule has 0 spiro atoms. The molecule has 3 aromatic heterocycles. The molecule has 4 bridgehead atoms. The zero-order valence-electron chi connectivity index (χ0n) is 23.8. The van der Waals surface area contributed by atoms with Gasteiger partial charge >= 0.3 is 0 Å². The summed E-state index contributed by atoms with van der Waals surface area (Å²) < 4.78 is 10.8. The maximum absolute atomic E-state index is 13.4. The maximum Gasteiger partial charge on any atom is 0.276 e. The molecule has 0 aliphatic carbocycles. The lowest BCUT2D eigenvalue weighted by molar-refractivity contribution is -0.122. The highest BCUT2D eigenvalue weighted by Crippen LogP contribution is 2.26. The Bertz CT molecular complexity index is 1610. The average molecular weight is 606 g/mol. The zero-order valence-corrected chi connectivity index (χ0v) is 24.6. The molecule has 1 aromatic carbocycles. The normalized spacial score (nSPS) is 18.4. The van der Waals surface area contributed by atoms with Crippen molar-refractivity contribution in [1.82, 2.24) is 35.8 Å². The third-order valence-corrected chi connectivity index (χ3v) is 7.81. The number of carbonyl (C=O) groups excluding carboxylic acids is 4. The van der Waals surface area contributed by atoms with E-state index in [1.807, 2.05) is 44.2 Å². The molecule has 2 atom stereocenters. The number of oxazole rings is 2. The molecule has 0 radical (unpaired) electrons. The molecule has 1 aliphatic heterocycles. The summed E-state index contributed by atoms with van der Waals surface area (Å²) in [6.07, 6.45) is 2.73. The second-order valence-corrected chi connectivity index (χ2v) is 11.3.